The number of ketones is 1. The van der Waals surface area contributed by atoms with Gasteiger partial charge in [-0.3, -0.25) is 19.3 Å². The molecule has 0 radical (unpaired) electrons. The van der Waals surface area contributed by atoms with E-state index in [9.17, 15) is 24.3 Å². The first-order chi connectivity index (χ1) is 17.8. The number of carbonyl (C=O) groups is 4. The maximum Gasteiger partial charge on any atom is 0.355 e. The van der Waals surface area contributed by atoms with Gasteiger partial charge in [0.2, 0.25) is 5.91 Å². The number of hydrogen-bond donors (Lipinski definition) is 1. The molecule has 10 heteroatoms. The van der Waals surface area contributed by atoms with E-state index in [2.05, 4.69) is 16.8 Å². The van der Waals surface area contributed by atoms with Crippen LogP contribution in [-0.2, 0) is 19.1 Å². The monoisotopic (exact) mass is 551 g/mol. The lowest BCUT2D eigenvalue weighted by molar-refractivity contribution is -0.149. The summed E-state index contributed by atoms with van der Waals surface area (Å²) < 4.78 is 5.55. The molecule has 1 saturated heterocycles. The van der Waals surface area contributed by atoms with E-state index < -0.39 is 24.0 Å². The van der Waals surface area contributed by atoms with Crippen LogP contribution < -0.4 is 0 Å². The molecule has 1 fully saturated rings. The lowest BCUT2D eigenvalue weighted by Gasteiger charge is -2.38. The molecule has 38 heavy (non-hydrogen) atoms. The lowest BCUT2D eigenvalue weighted by Crippen LogP contribution is -2.48. The van der Waals surface area contributed by atoms with Crippen LogP contribution in [0.4, 0.5) is 0 Å². The minimum Gasteiger partial charge on any atom is -0.476 e. The van der Waals surface area contributed by atoms with Crippen molar-refractivity contribution >= 4 is 35.0 Å². The summed E-state index contributed by atoms with van der Waals surface area (Å²) in [6.07, 6.45) is 2.35. The normalized spacial score (nSPS) is 21.4. The Morgan fingerprint density at radius 3 is 2.45 bits per heavy atom. The molecule has 0 unspecified atom stereocenters. The van der Waals surface area contributed by atoms with Crippen molar-refractivity contribution in [3.63, 3.8) is 0 Å². The highest BCUT2D eigenvalue weighted by molar-refractivity contribution is 7.09. The van der Waals surface area contributed by atoms with Gasteiger partial charge in [0.15, 0.2) is 17.6 Å². The fourth-order valence-electron chi connectivity index (χ4n) is 5.26. The molecule has 1 aliphatic rings. The number of aromatic nitrogens is 1. The number of Topliss-reactive ketones (excluding diaryl/α,β-unsaturated/α-hetero) is 1. The predicted molar refractivity (Wildman–Crippen MR) is 147 cm³/mol. The molecule has 1 aromatic rings. The van der Waals surface area contributed by atoms with Crippen LogP contribution in [0.1, 0.15) is 95.2 Å². The second-order valence-electron chi connectivity index (χ2n) is 11.3. The van der Waals surface area contributed by atoms with Gasteiger partial charge in [0, 0.05) is 44.2 Å². The van der Waals surface area contributed by atoms with Gasteiger partial charge in [-0.05, 0) is 44.2 Å². The number of rotatable bonds is 13. The standard InChI is InChI=1S/C28H45N3O6S/c1-9-18(5)20(13-24(33)23-12-17(4)10-11-30(23)7)27(34)31(8)22(16(2)3)14-25(37-19(6)32)26-29-21(15-38-26)28(35)36/h15-18,20,22-23,25H,9-14H2,1-8H3,(H,35,36)/t17-,18+,20+,22-,23-,25-/m1/s1. The molecule has 1 aliphatic heterocycles. The number of esters is 1. The Labute approximate surface area is 230 Å². The van der Waals surface area contributed by atoms with Crippen molar-refractivity contribution in [1.29, 1.82) is 0 Å². The lowest BCUT2D eigenvalue weighted by atomic mass is 9.81. The third-order valence-electron chi connectivity index (χ3n) is 7.97. The van der Waals surface area contributed by atoms with E-state index in [1.807, 2.05) is 34.7 Å². The molecule has 0 aromatic carbocycles. The molecule has 0 bridgehead atoms. The molecule has 2 rings (SSSR count). The minimum atomic E-state index is -1.15. The van der Waals surface area contributed by atoms with Gasteiger partial charge in [0.25, 0.3) is 0 Å². The van der Waals surface area contributed by atoms with E-state index in [0.29, 0.717) is 10.9 Å². The van der Waals surface area contributed by atoms with E-state index in [1.165, 1.54) is 12.3 Å². The third kappa shape index (κ3) is 8.33. The van der Waals surface area contributed by atoms with E-state index in [4.69, 9.17) is 4.74 Å². The molecule has 1 amide bonds. The van der Waals surface area contributed by atoms with Crippen molar-refractivity contribution in [3.8, 4) is 0 Å². The van der Waals surface area contributed by atoms with Crippen LogP contribution >= 0.6 is 11.3 Å². The Hall–Kier alpha value is -2.33. The molecule has 214 valence electrons. The first-order valence-electron chi connectivity index (χ1n) is 13.6. The second kappa shape index (κ2) is 14.2. The van der Waals surface area contributed by atoms with Crippen molar-refractivity contribution in [2.24, 2.45) is 23.7 Å². The van der Waals surface area contributed by atoms with Gasteiger partial charge in [-0.15, -0.1) is 11.3 Å². The summed E-state index contributed by atoms with van der Waals surface area (Å²) in [4.78, 5) is 58.6. The van der Waals surface area contributed by atoms with Crippen molar-refractivity contribution in [2.45, 2.75) is 91.8 Å². The number of carboxylic acids is 1. The highest BCUT2D eigenvalue weighted by atomic mass is 32.1. The van der Waals surface area contributed by atoms with E-state index in [-0.39, 0.29) is 54.1 Å². The fourth-order valence-corrected chi connectivity index (χ4v) is 6.09. The fraction of sp³-hybridized carbons (Fsp3) is 0.750. The van der Waals surface area contributed by atoms with Crippen LogP contribution in [0, 0.1) is 23.7 Å². The number of aromatic carboxylic acids is 1. The Kier molecular flexibility index (Phi) is 11.9. The summed E-state index contributed by atoms with van der Waals surface area (Å²) in [6, 6.07) is -0.478. The number of piperidine rings is 1. The zero-order valence-electron chi connectivity index (χ0n) is 24.1. The van der Waals surface area contributed by atoms with Gasteiger partial charge < -0.3 is 14.7 Å². The molecule has 9 nitrogen and oxygen atoms in total. The van der Waals surface area contributed by atoms with Crippen molar-refractivity contribution < 1.29 is 29.0 Å². The second-order valence-corrected chi connectivity index (χ2v) is 12.1. The van der Waals surface area contributed by atoms with Gasteiger partial charge in [-0.2, -0.15) is 0 Å². The molecular formula is C28H45N3O6S. The molecule has 1 aromatic heterocycles. The van der Waals surface area contributed by atoms with Crippen LogP contribution in [0.15, 0.2) is 5.38 Å². The number of likely N-dealkylation sites (N-methyl/N-ethyl adjacent to an activating group) is 1. The Balaban J connectivity index is 2.28. The van der Waals surface area contributed by atoms with Gasteiger partial charge in [-0.1, -0.05) is 41.0 Å². The summed E-state index contributed by atoms with van der Waals surface area (Å²) in [7, 11) is 3.73. The van der Waals surface area contributed by atoms with Crippen LogP contribution in [0.3, 0.4) is 0 Å². The minimum absolute atomic E-state index is 0.0135. The molecular weight excluding hydrogens is 506 g/mol. The highest BCUT2D eigenvalue weighted by Gasteiger charge is 2.38. The van der Waals surface area contributed by atoms with Gasteiger partial charge in [0.1, 0.15) is 5.01 Å². The molecule has 2 heterocycles. The van der Waals surface area contributed by atoms with Gasteiger partial charge >= 0.3 is 11.9 Å². The van der Waals surface area contributed by atoms with Crippen molar-refractivity contribution in [3.05, 3.63) is 16.1 Å². The third-order valence-corrected chi connectivity index (χ3v) is 8.90. The summed E-state index contributed by atoms with van der Waals surface area (Å²) in [5.74, 6) is -1.56. The van der Waals surface area contributed by atoms with E-state index in [1.54, 1.807) is 11.9 Å². The largest absolute Gasteiger partial charge is 0.476 e. The van der Waals surface area contributed by atoms with Gasteiger partial charge in [0.05, 0.1) is 6.04 Å². The first kappa shape index (κ1) is 31.9. The number of thiazole rings is 1. The molecule has 6 atom stereocenters. The number of ether oxygens (including phenoxy) is 1. The summed E-state index contributed by atoms with van der Waals surface area (Å²) in [6.45, 7) is 12.4. The van der Waals surface area contributed by atoms with Crippen LogP contribution in [-0.4, -0.2) is 76.2 Å². The Morgan fingerprint density at radius 2 is 1.92 bits per heavy atom. The smallest absolute Gasteiger partial charge is 0.355 e. The predicted octanol–water partition coefficient (Wildman–Crippen LogP) is 4.67. The maximum atomic E-state index is 13.9. The Morgan fingerprint density at radius 1 is 1.26 bits per heavy atom. The Bertz CT molecular complexity index is 980. The maximum absolute atomic E-state index is 13.9. The average Bonchev–Trinajstić information content (AvgIpc) is 3.35. The van der Waals surface area contributed by atoms with Gasteiger partial charge in [-0.25, -0.2) is 9.78 Å². The zero-order valence-corrected chi connectivity index (χ0v) is 24.9. The van der Waals surface area contributed by atoms with Crippen LogP contribution in [0.2, 0.25) is 0 Å². The number of likely N-dealkylation sites (tertiary alicyclic amines) is 1. The zero-order chi connectivity index (χ0) is 28.7. The molecule has 0 aliphatic carbocycles. The first-order valence-corrected chi connectivity index (χ1v) is 14.5. The number of carbonyl (C=O) groups excluding carboxylic acids is 3. The van der Waals surface area contributed by atoms with Crippen molar-refractivity contribution in [1.82, 2.24) is 14.8 Å². The number of hydrogen-bond acceptors (Lipinski definition) is 8. The number of nitrogens with zero attached hydrogens (tertiary/aromatic N) is 3. The van der Waals surface area contributed by atoms with E-state index >= 15 is 0 Å². The van der Waals surface area contributed by atoms with Crippen molar-refractivity contribution in [2.75, 3.05) is 20.6 Å². The molecule has 0 spiro atoms. The van der Waals surface area contributed by atoms with Crippen LogP contribution in [0.25, 0.3) is 0 Å². The number of amides is 1. The molecule has 0 saturated carbocycles. The topological polar surface area (TPSA) is 117 Å². The van der Waals surface area contributed by atoms with E-state index in [0.717, 1.165) is 37.1 Å². The average molecular weight is 552 g/mol. The SMILES string of the molecule is CC[C@H](C)[C@H](CC(=O)[C@H]1C[C@H](C)CCN1C)C(=O)N(C)[C@H](C[C@@H](OC(C)=O)c1nc(C(=O)O)cs1)C(C)C. The highest BCUT2D eigenvalue weighted by Crippen LogP contribution is 2.33. The quantitative estimate of drug-likeness (QED) is 0.352. The summed E-state index contributed by atoms with van der Waals surface area (Å²) >= 11 is 1.12. The molecule has 1 N–H and O–H groups in total. The number of carboxylic acid groups (broad SMARTS) is 1. The van der Waals surface area contributed by atoms with Crippen LogP contribution in [0.5, 0.6) is 0 Å². The summed E-state index contributed by atoms with van der Waals surface area (Å²) in [5.41, 5.74) is -0.106. The summed E-state index contributed by atoms with van der Waals surface area (Å²) in [5, 5.41) is 11.1.